The third-order valence-electron chi connectivity index (χ3n) is 5.88. The van der Waals surface area contributed by atoms with Crippen LogP contribution >= 0.6 is 23.2 Å². The van der Waals surface area contributed by atoms with E-state index in [-0.39, 0.29) is 40.1 Å². The number of hydrogen-bond donors (Lipinski definition) is 5. The number of aliphatic hydroxyl groups excluding tert-OH is 1. The molecule has 0 aliphatic heterocycles. The van der Waals surface area contributed by atoms with Gasteiger partial charge in [0.15, 0.2) is 0 Å². The Balaban J connectivity index is 1.55. The summed E-state index contributed by atoms with van der Waals surface area (Å²) in [5.41, 5.74) is 2.14. The van der Waals surface area contributed by atoms with Gasteiger partial charge in [0.05, 0.1) is 33.9 Å². The van der Waals surface area contributed by atoms with Crippen molar-refractivity contribution in [1.82, 2.24) is 9.97 Å². The smallest absolute Gasteiger partial charge is 0.441 e. The number of aliphatic hydroxyl groups is 1. The van der Waals surface area contributed by atoms with Crippen molar-refractivity contribution in [3.05, 3.63) is 83.0 Å². The van der Waals surface area contributed by atoms with Crippen LogP contribution in [0.2, 0.25) is 10.0 Å². The van der Waals surface area contributed by atoms with Crippen LogP contribution in [0.1, 0.15) is 13.8 Å². The summed E-state index contributed by atoms with van der Waals surface area (Å²) in [4.78, 5) is 20.6. The molecule has 1 amide bonds. The average Bonchev–Trinajstić information content (AvgIpc) is 2.99. The second kappa shape index (κ2) is 14.7. The molecule has 4 aromatic rings. The monoisotopic (exact) mass is 678 g/mol. The summed E-state index contributed by atoms with van der Waals surface area (Å²) in [7, 11) is -6.32. The molecule has 232 valence electrons. The van der Waals surface area contributed by atoms with E-state index >= 15 is 0 Å². The SMILES string of the molecule is CCOC(=O)N=[SH](=O)c1ccc(Nc2ncc(-c3ccc(NS(=O)(=O)c4cccc(Cl)c4Cl)cc3)c(NC(C)CO)n2)cc1. The molecule has 2 unspecified atom stereocenters. The molecule has 1 aromatic heterocycles. The van der Waals surface area contributed by atoms with Crippen molar-refractivity contribution >= 4 is 73.1 Å². The summed E-state index contributed by atoms with van der Waals surface area (Å²) in [5, 5.41) is 15.9. The van der Waals surface area contributed by atoms with E-state index in [1.165, 1.54) is 18.2 Å². The van der Waals surface area contributed by atoms with Crippen molar-refractivity contribution < 1.29 is 27.3 Å². The minimum atomic E-state index is -4.00. The Labute approximate surface area is 266 Å². The van der Waals surface area contributed by atoms with E-state index in [0.29, 0.717) is 33.2 Å². The molecular weight excluding hydrogens is 651 g/mol. The van der Waals surface area contributed by atoms with E-state index < -0.39 is 26.7 Å². The van der Waals surface area contributed by atoms with Gasteiger partial charge in [0.1, 0.15) is 10.7 Å². The highest BCUT2D eigenvalue weighted by Gasteiger charge is 2.20. The standard InChI is InChI=1S/C28H28Cl2N6O6S2/c1-3-42-28(38)35-43(39)21-13-11-19(12-14-21)33-27-31-15-22(26(34-27)32-17(2)16-37)18-7-9-20(10-8-18)36-44(40,41)24-6-4-5-23(29)25(24)30/h4-15,17,36-37,43H,3,16H2,1-2H3,(H2,31,32,33,34). The van der Waals surface area contributed by atoms with Gasteiger partial charge in [-0.1, -0.05) is 41.4 Å². The number of rotatable bonds is 11. The van der Waals surface area contributed by atoms with Crippen LogP contribution in [-0.4, -0.2) is 53.1 Å². The van der Waals surface area contributed by atoms with Crippen LogP contribution in [0.25, 0.3) is 11.1 Å². The number of sulfonamides is 1. The van der Waals surface area contributed by atoms with E-state index in [9.17, 15) is 22.5 Å². The lowest BCUT2D eigenvalue weighted by Gasteiger charge is -2.17. The first kappa shape index (κ1) is 33.0. The molecule has 0 saturated heterocycles. The van der Waals surface area contributed by atoms with E-state index in [2.05, 4.69) is 29.7 Å². The first-order chi connectivity index (χ1) is 21.0. The molecule has 1 heterocycles. The van der Waals surface area contributed by atoms with Gasteiger partial charge >= 0.3 is 6.09 Å². The highest BCUT2D eigenvalue weighted by Crippen LogP contribution is 2.32. The molecule has 0 spiro atoms. The maximum Gasteiger partial charge on any atom is 0.441 e. The number of nitrogens with one attached hydrogen (secondary N) is 3. The zero-order valence-corrected chi connectivity index (χ0v) is 26.6. The highest BCUT2D eigenvalue weighted by atomic mass is 35.5. The molecule has 2 atom stereocenters. The number of benzene rings is 3. The Morgan fingerprint density at radius 2 is 1.75 bits per heavy atom. The summed E-state index contributed by atoms with van der Waals surface area (Å²) >= 11 is 12.1. The first-order valence-corrected chi connectivity index (χ1v) is 16.5. The second-order valence-corrected chi connectivity index (χ2v) is 12.9. The van der Waals surface area contributed by atoms with Crippen molar-refractivity contribution in [1.29, 1.82) is 0 Å². The van der Waals surface area contributed by atoms with Gasteiger partial charge in [-0.3, -0.25) is 4.72 Å². The van der Waals surface area contributed by atoms with Crippen LogP contribution in [0.5, 0.6) is 0 Å². The lowest BCUT2D eigenvalue weighted by molar-refractivity contribution is 0.164. The van der Waals surface area contributed by atoms with Gasteiger partial charge < -0.3 is 20.5 Å². The van der Waals surface area contributed by atoms with Gasteiger partial charge in [-0.25, -0.2) is 22.4 Å². The lowest BCUT2D eigenvalue weighted by atomic mass is 10.1. The number of anilines is 4. The first-order valence-electron chi connectivity index (χ1n) is 13.0. The number of nitrogens with zero attached hydrogens (tertiary/aromatic N) is 3. The molecule has 0 fully saturated rings. The number of hydrogen-bond acceptors (Lipinski definition) is 10. The van der Waals surface area contributed by atoms with Gasteiger partial charge in [0, 0.05) is 34.1 Å². The molecule has 0 saturated carbocycles. The molecule has 16 heteroatoms. The predicted molar refractivity (Wildman–Crippen MR) is 172 cm³/mol. The molecule has 0 aliphatic carbocycles. The number of carbonyl (C=O) groups excluding carboxylic acids is 1. The maximum atomic E-state index is 12.9. The molecule has 0 bridgehead atoms. The average molecular weight is 680 g/mol. The van der Waals surface area contributed by atoms with Crippen molar-refractivity contribution in [3.8, 4) is 11.1 Å². The summed E-state index contributed by atoms with van der Waals surface area (Å²) in [6.45, 7) is 3.38. The Kier molecular flexibility index (Phi) is 11.0. The van der Waals surface area contributed by atoms with Crippen LogP contribution in [0, 0.1) is 0 Å². The van der Waals surface area contributed by atoms with E-state index in [0.717, 1.165) is 0 Å². The zero-order valence-electron chi connectivity index (χ0n) is 23.4. The Bertz CT molecular complexity index is 1830. The molecule has 3 aromatic carbocycles. The molecule has 0 aliphatic rings. The van der Waals surface area contributed by atoms with Crippen molar-refractivity contribution in [2.45, 2.75) is 29.7 Å². The molecule has 44 heavy (non-hydrogen) atoms. The number of thiol groups is 1. The van der Waals surface area contributed by atoms with Crippen LogP contribution in [0.4, 0.5) is 27.9 Å². The minimum Gasteiger partial charge on any atom is -0.448 e. The summed E-state index contributed by atoms with van der Waals surface area (Å²) in [6.07, 6.45) is 0.690. The molecule has 4 N–H and O–H groups in total. The van der Waals surface area contributed by atoms with Crippen LogP contribution < -0.4 is 15.4 Å². The van der Waals surface area contributed by atoms with Gasteiger partial charge in [-0.15, -0.1) is 4.36 Å². The Morgan fingerprint density at radius 3 is 2.41 bits per heavy atom. The quantitative estimate of drug-likeness (QED) is 0.119. The number of ether oxygens (including phenoxy) is 1. The van der Waals surface area contributed by atoms with Gasteiger partial charge in [0.2, 0.25) is 5.95 Å². The van der Waals surface area contributed by atoms with Crippen LogP contribution in [-0.2, 0) is 25.4 Å². The number of halogens is 2. The summed E-state index contributed by atoms with van der Waals surface area (Å²) < 4.78 is 48.8. The van der Waals surface area contributed by atoms with Gasteiger partial charge in [-0.2, -0.15) is 4.98 Å². The normalized spacial score (nSPS) is 12.8. The minimum absolute atomic E-state index is 0.0752. The maximum absolute atomic E-state index is 12.9. The second-order valence-electron chi connectivity index (χ2n) is 9.16. The molecule has 4 rings (SSSR count). The van der Waals surface area contributed by atoms with E-state index in [1.54, 1.807) is 68.6 Å². The third-order valence-corrected chi connectivity index (χ3v) is 9.32. The summed E-state index contributed by atoms with van der Waals surface area (Å²) in [5.74, 6) is 0.647. The fourth-order valence-electron chi connectivity index (χ4n) is 3.75. The van der Waals surface area contributed by atoms with Crippen molar-refractivity contribution in [2.24, 2.45) is 4.36 Å². The van der Waals surface area contributed by atoms with Crippen LogP contribution in [0.3, 0.4) is 0 Å². The van der Waals surface area contributed by atoms with Gasteiger partial charge in [0.25, 0.3) is 10.0 Å². The third kappa shape index (κ3) is 8.36. The van der Waals surface area contributed by atoms with Crippen LogP contribution in [0.15, 0.2) is 87.1 Å². The zero-order chi connectivity index (χ0) is 31.9. The molecule has 12 nitrogen and oxygen atoms in total. The predicted octanol–water partition coefficient (Wildman–Crippen LogP) is 5.97. The number of amides is 1. The Hall–Kier alpha value is -3.95. The number of carbonyl (C=O) groups is 1. The Morgan fingerprint density at radius 1 is 1.07 bits per heavy atom. The van der Waals surface area contributed by atoms with Crippen molar-refractivity contribution in [2.75, 3.05) is 28.6 Å². The topological polar surface area (TPSA) is 172 Å². The van der Waals surface area contributed by atoms with E-state index in [4.69, 9.17) is 27.9 Å². The fourth-order valence-corrected chi connectivity index (χ4v) is 6.29. The lowest BCUT2D eigenvalue weighted by Crippen LogP contribution is -2.21. The van der Waals surface area contributed by atoms with E-state index in [1.807, 2.05) is 0 Å². The number of aromatic nitrogens is 2. The summed E-state index contributed by atoms with van der Waals surface area (Å²) in [6, 6.07) is 16.9. The fraction of sp³-hybridized carbons (Fsp3) is 0.179. The van der Waals surface area contributed by atoms with Gasteiger partial charge in [-0.05, 0) is 67.9 Å². The molecule has 0 radical (unpaired) electrons. The largest absolute Gasteiger partial charge is 0.448 e. The van der Waals surface area contributed by atoms with Crippen molar-refractivity contribution in [3.63, 3.8) is 0 Å². The molecular formula is C28H28Cl2N6O6S2. The highest BCUT2D eigenvalue weighted by molar-refractivity contribution is 7.92.